The van der Waals surface area contributed by atoms with Gasteiger partial charge in [0.1, 0.15) is 28.6 Å². The zero-order chi connectivity index (χ0) is 26.4. The number of aryl methyl sites for hydroxylation is 1. The van der Waals surface area contributed by atoms with Gasteiger partial charge in [0.25, 0.3) is 0 Å². The van der Waals surface area contributed by atoms with Gasteiger partial charge >= 0.3 is 0 Å². The summed E-state index contributed by atoms with van der Waals surface area (Å²) >= 11 is 0. The van der Waals surface area contributed by atoms with Gasteiger partial charge in [0, 0.05) is 51.2 Å². The van der Waals surface area contributed by atoms with Crippen LogP contribution in [0.1, 0.15) is 30.4 Å². The van der Waals surface area contributed by atoms with E-state index < -0.39 is 0 Å². The summed E-state index contributed by atoms with van der Waals surface area (Å²) in [5.41, 5.74) is 2.68. The van der Waals surface area contributed by atoms with Gasteiger partial charge in [-0.25, -0.2) is 4.98 Å². The van der Waals surface area contributed by atoms with Gasteiger partial charge in [0.2, 0.25) is 5.91 Å². The van der Waals surface area contributed by atoms with Crippen LogP contribution in [0.15, 0.2) is 42.5 Å². The summed E-state index contributed by atoms with van der Waals surface area (Å²) in [7, 11) is 8.85. The second kappa shape index (κ2) is 12.1. The van der Waals surface area contributed by atoms with Gasteiger partial charge in [-0.3, -0.25) is 4.79 Å². The van der Waals surface area contributed by atoms with Crippen LogP contribution in [-0.4, -0.2) is 70.5 Å². The minimum atomic E-state index is 0.0427. The number of carbonyl (C=O) groups excluding carboxylic acids is 1. The standard InChI is InChI=1S/C29H37N3O5/c1-31(2)29-21(17-23-25(35-4)13-14-26(36-5)28(23)30-29)18-32(19-22-10-8-16-37-22)27(33)15-12-20-9-6-7-11-24(20)34-3/h6-7,9,11,13-14,17,22H,8,10,12,15-16,18-19H2,1-5H3/t22-/m0/s1. The fraction of sp³-hybridized carbons (Fsp3) is 0.448. The molecule has 0 N–H and O–H groups in total. The maximum atomic E-state index is 13.6. The van der Waals surface area contributed by atoms with E-state index in [1.807, 2.05) is 60.3 Å². The smallest absolute Gasteiger partial charge is 0.223 e. The Morgan fingerprint density at radius 3 is 2.41 bits per heavy atom. The SMILES string of the molecule is COc1ccccc1CCC(=O)N(Cc1cc2c(OC)ccc(OC)c2nc1N(C)C)C[C@@H]1CCCO1. The largest absolute Gasteiger partial charge is 0.496 e. The summed E-state index contributed by atoms with van der Waals surface area (Å²) in [6.45, 7) is 1.71. The number of rotatable bonds is 11. The Labute approximate surface area is 219 Å². The van der Waals surface area contributed by atoms with Crippen molar-refractivity contribution in [2.75, 3.05) is 53.5 Å². The molecular weight excluding hydrogens is 470 g/mol. The monoisotopic (exact) mass is 507 g/mol. The Hall–Kier alpha value is -3.52. The maximum Gasteiger partial charge on any atom is 0.223 e. The van der Waals surface area contributed by atoms with Crippen molar-refractivity contribution in [2.24, 2.45) is 0 Å². The molecule has 8 nitrogen and oxygen atoms in total. The summed E-state index contributed by atoms with van der Waals surface area (Å²) in [6.07, 6.45) is 3.00. The van der Waals surface area contributed by atoms with E-state index >= 15 is 0 Å². The van der Waals surface area contributed by atoms with Crippen LogP contribution in [0.25, 0.3) is 10.9 Å². The molecule has 0 saturated carbocycles. The lowest BCUT2D eigenvalue weighted by atomic mass is 10.1. The van der Waals surface area contributed by atoms with Crippen LogP contribution in [0.5, 0.6) is 17.2 Å². The van der Waals surface area contributed by atoms with Crippen LogP contribution >= 0.6 is 0 Å². The number of hydrogen-bond donors (Lipinski definition) is 0. The van der Waals surface area contributed by atoms with E-state index in [1.165, 1.54) is 0 Å². The van der Waals surface area contributed by atoms with E-state index in [0.29, 0.717) is 37.4 Å². The number of ether oxygens (including phenoxy) is 4. The fourth-order valence-electron chi connectivity index (χ4n) is 4.89. The number of pyridine rings is 1. The zero-order valence-electron chi connectivity index (χ0n) is 22.5. The molecule has 3 aromatic rings. The number of amides is 1. The van der Waals surface area contributed by atoms with E-state index in [0.717, 1.165) is 53.0 Å². The summed E-state index contributed by atoms with van der Waals surface area (Å²) in [6, 6.07) is 13.6. The highest BCUT2D eigenvalue weighted by atomic mass is 16.5. The number of para-hydroxylation sites is 1. The van der Waals surface area contributed by atoms with Gasteiger partial charge in [-0.1, -0.05) is 18.2 Å². The van der Waals surface area contributed by atoms with E-state index in [2.05, 4.69) is 6.07 Å². The number of benzene rings is 2. The van der Waals surface area contributed by atoms with Crippen LogP contribution in [0.4, 0.5) is 5.82 Å². The predicted molar refractivity (Wildman–Crippen MR) is 145 cm³/mol. The van der Waals surface area contributed by atoms with Crippen LogP contribution in [0.2, 0.25) is 0 Å². The maximum absolute atomic E-state index is 13.6. The summed E-state index contributed by atoms with van der Waals surface area (Å²) in [4.78, 5) is 22.5. The lowest BCUT2D eigenvalue weighted by Gasteiger charge is -2.28. The van der Waals surface area contributed by atoms with Crippen LogP contribution in [0.3, 0.4) is 0 Å². The van der Waals surface area contributed by atoms with Crippen LogP contribution in [-0.2, 0) is 22.5 Å². The first-order chi connectivity index (χ1) is 17.9. The van der Waals surface area contributed by atoms with Gasteiger partial charge in [-0.05, 0) is 49.1 Å². The molecule has 0 spiro atoms. The molecule has 0 unspecified atom stereocenters. The summed E-state index contributed by atoms with van der Waals surface area (Å²) < 4.78 is 22.6. The van der Waals surface area contributed by atoms with Gasteiger partial charge in [-0.15, -0.1) is 0 Å². The van der Waals surface area contributed by atoms with Gasteiger partial charge < -0.3 is 28.7 Å². The molecule has 1 amide bonds. The van der Waals surface area contributed by atoms with Crippen LogP contribution < -0.4 is 19.1 Å². The van der Waals surface area contributed by atoms with Crippen molar-refractivity contribution in [3.63, 3.8) is 0 Å². The first kappa shape index (κ1) is 26.5. The fourth-order valence-corrected chi connectivity index (χ4v) is 4.89. The number of methoxy groups -OCH3 is 3. The highest BCUT2D eigenvalue weighted by molar-refractivity contribution is 5.92. The van der Waals surface area contributed by atoms with E-state index in [4.69, 9.17) is 23.9 Å². The molecule has 198 valence electrons. The highest BCUT2D eigenvalue weighted by Gasteiger charge is 2.25. The Bertz CT molecular complexity index is 1220. The predicted octanol–water partition coefficient (Wildman–Crippen LogP) is 4.47. The summed E-state index contributed by atoms with van der Waals surface area (Å²) in [5, 5.41) is 0.848. The molecule has 37 heavy (non-hydrogen) atoms. The van der Waals surface area contributed by atoms with E-state index in [-0.39, 0.29) is 12.0 Å². The average Bonchev–Trinajstić information content (AvgIpc) is 3.43. The molecule has 8 heteroatoms. The molecule has 2 aromatic carbocycles. The molecule has 1 aliphatic rings. The summed E-state index contributed by atoms with van der Waals surface area (Å²) in [5.74, 6) is 3.05. The molecule has 0 radical (unpaired) electrons. The molecule has 1 fully saturated rings. The van der Waals surface area contributed by atoms with Crippen molar-refractivity contribution in [3.8, 4) is 17.2 Å². The molecule has 0 bridgehead atoms. The van der Waals surface area contributed by atoms with Crippen molar-refractivity contribution in [3.05, 3.63) is 53.6 Å². The average molecular weight is 508 g/mol. The Morgan fingerprint density at radius 1 is 1.00 bits per heavy atom. The van der Waals surface area contributed by atoms with Crippen molar-refractivity contribution in [1.82, 2.24) is 9.88 Å². The topological polar surface area (TPSA) is 73.4 Å². The molecule has 1 saturated heterocycles. The Morgan fingerprint density at radius 2 is 1.73 bits per heavy atom. The molecular formula is C29H37N3O5. The lowest BCUT2D eigenvalue weighted by Crippen LogP contribution is -2.37. The van der Waals surface area contributed by atoms with Gasteiger partial charge in [-0.2, -0.15) is 0 Å². The normalized spacial score (nSPS) is 15.0. The first-order valence-electron chi connectivity index (χ1n) is 12.7. The number of nitrogens with zero attached hydrogens (tertiary/aromatic N) is 3. The molecule has 2 heterocycles. The number of aromatic nitrogens is 1. The molecule has 1 atom stereocenters. The minimum Gasteiger partial charge on any atom is -0.496 e. The molecule has 0 aliphatic carbocycles. The quantitative estimate of drug-likeness (QED) is 0.379. The molecule has 1 aliphatic heterocycles. The van der Waals surface area contributed by atoms with E-state index in [1.54, 1.807) is 21.3 Å². The highest BCUT2D eigenvalue weighted by Crippen LogP contribution is 2.35. The number of carbonyl (C=O) groups is 1. The lowest BCUT2D eigenvalue weighted by molar-refractivity contribution is -0.133. The second-order valence-corrected chi connectivity index (χ2v) is 9.45. The van der Waals surface area contributed by atoms with Gasteiger partial charge in [0.05, 0.1) is 27.4 Å². The number of fused-ring (bicyclic) bond motifs is 1. The van der Waals surface area contributed by atoms with Crippen molar-refractivity contribution in [1.29, 1.82) is 0 Å². The zero-order valence-corrected chi connectivity index (χ0v) is 22.5. The first-order valence-corrected chi connectivity index (χ1v) is 12.7. The van der Waals surface area contributed by atoms with E-state index in [9.17, 15) is 4.79 Å². The third-order valence-corrected chi connectivity index (χ3v) is 6.79. The second-order valence-electron chi connectivity index (χ2n) is 9.45. The minimum absolute atomic E-state index is 0.0427. The number of anilines is 1. The van der Waals surface area contributed by atoms with Gasteiger partial charge in [0.15, 0.2) is 0 Å². The molecule has 1 aromatic heterocycles. The number of hydrogen-bond acceptors (Lipinski definition) is 7. The Kier molecular flexibility index (Phi) is 8.71. The third-order valence-electron chi connectivity index (χ3n) is 6.79. The van der Waals surface area contributed by atoms with Crippen molar-refractivity contribution < 1.29 is 23.7 Å². The Balaban J connectivity index is 1.66. The van der Waals surface area contributed by atoms with Crippen molar-refractivity contribution >= 4 is 22.6 Å². The molecule has 4 rings (SSSR count). The van der Waals surface area contributed by atoms with Crippen molar-refractivity contribution in [2.45, 2.75) is 38.3 Å². The van der Waals surface area contributed by atoms with Crippen LogP contribution in [0, 0.1) is 0 Å². The third kappa shape index (κ3) is 6.07.